The van der Waals surface area contributed by atoms with Crippen LogP contribution in [0.4, 0.5) is 8.78 Å². The Hall–Kier alpha value is -1.45. The van der Waals surface area contributed by atoms with Gasteiger partial charge in [-0.1, -0.05) is 0 Å². The summed E-state index contributed by atoms with van der Waals surface area (Å²) in [6, 6.07) is 3.31. The van der Waals surface area contributed by atoms with Gasteiger partial charge in [-0.05, 0) is 24.1 Å². The Labute approximate surface area is 74.6 Å². The Morgan fingerprint density at radius 2 is 1.85 bits per heavy atom. The maximum Gasteiger partial charge on any atom is 0.207 e. The summed E-state index contributed by atoms with van der Waals surface area (Å²) >= 11 is 0. The quantitative estimate of drug-likeness (QED) is 0.555. The van der Waals surface area contributed by atoms with Gasteiger partial charge in [0.1, 0.15) is 11.6 Å². The predicted molar refractivity (Wildman–Crippen MR) is 44.1 cm³/mol. The standard InChI is InChI=1S/C9H9F2NO/c10-8-3-7(1-2-12-6-13)4-9(11)5-8/h3-6H,1-2H2,(H,12,13). The van der Waals surface area contributed by atoms with Gasteiger partial charge in [-0.2, -0.15) is 0 Å². The van der Waals surface area contributed by atoms with Crippen LogP contribution in [0.1, 0.15) is 5.56 Å². The zero-order valence-electron chi connectivity index (χ0n) is 6.89. The lowest BCUT2D eigenvalue weighted by atomic mass is 10.1. The van der Waals surface area contributed by atoms with Gasteiger partial charge < -0.3 is 5.32 Å². The van der Waals surface area contributed by atoms with Crippen LogP contribution in [-0.2, 0) is 11.2 Å². The van der Waals surface area contributed by atoms with Gasteiger partial charge in [0.2, 0.25) is 6.41 Å². The zero-order chi connectivity index (χ0) is 9.68. The Morgan fingerprint density at radius 3 is 2.38 bits per heavy atom. The minimum absolute atomic E-state index is 0.381. The molecule has 4 heteroatoms. The van der Waals surface area contributed by atoms with E-state index in [2.05, 4.69) is 5.32 Å². The maximum absolute atomic E-state index is 12.6. The predicted octanol–water partition coefficient (Wildman–Crippen LogP) is 1.25. The minimum atomic E-state index is -0.596. The summed E-state index contributed by atoms with van der Waals surface area (Å²) in [5.41, 5.74) is 0.534. The highest BCUT2D eigenvalue weighted by atomic mass is 19.1. The summed E-state index contributed by atoms with van der Waals surface area (Å²) in [5.74, 6) is -1.19. The van der Waals surface area contributed by atoms with Crippen LogP contribution in [-0.4, -0.2) is 13.0 Å². The van der Waals surface area contributed by atoms with Crippen molar-refractivity contribution >= 4 is 6.41 Å². The summed E-state index contributed by atoms with van der Waals surface area (Å²) in [5, 5.41) is 2.41. The van der Waals surface area contributed by atoms with Gasteiger partial charge in [0.15, 0.2) is 0 Å². The smallest absolute Gasteiger partial charge is 0.207 e. The molecule has 2 nitrogen and oxygen atoms in total. The highest BCUT2D eigenvalue weighted by Gasteiger charge is 1.99. The van der Waals surface area contributed by atoms with E-state index in [4.69, 9.17) is 0 Å². The molecule has 0 unspecified atom stereocenters. The largest absolute Gasteiger partial charge is 0.358 e. The van der Waals surface area contributed by atoms with E-state index in [9.17, 15) is 13.6 Å². The second-order valence-corrected chi connectivity index (χ2v) is 2.60. The first-order chi connectivity index (χ1) is 6.22. The van der Waals surface area contributed by atoms with Gasteiger partial charge in [-0.25, -0.2) is 8.78 Å². The van der Waals surface area contributed by atoms with Gasteiger partial charge in [-0.15, -0.1) is 0 Å². The molecule has 0 aliphatic carbocycles. The van der Waals surface area contributed by atoms with E-state index in [1.54, 1.807) is 0 Å². The van der Waals surface area contributed by atoms with Crippen molar-refractivity contribution in [3.05, 3.63) is 35.4 Å². The number of hydrogen-bond acceptors (Lipinski definition) is 1. The number of rotatable bonds is 4. The lowest BCUT2D eigenvalue weighted by Gasteiger charge is -2.00. The topological polar surface area (TPSA) is 29.1 Å². The molecule has 0 aromatic heterocycles. The van der Waals surface area contributed by atoms with Crippen LogP contribution in [0.3, 0.4) is 0 Å². The highest BCUT2D eigenvalue weighted by molar-refractivity contribution is 5.45. The lowest BCUT2D eigenvalue weighted by Crippen LogP contribution is -2.14. The third-order valence-electron chi connectivity index (χ3n) is 1.56. The number of nitrogens with one attached hydrogen (secondary N) is 1. The van der Waals surface area contributed by atoms with Gasteiger partial charge in [0.05, 0.1) is 0 Å². The molecule has 1 rings (SSSR count). The number of amides is 1. The van der Waals surface area contributed by atoms with E-state index in [0.29, 0.717) is 24.9 Å². The Balaban J connectivity index is 2.60. The molecule has 0 spiro atoms. The summed E-state index contributed by atoms with van der Waals surface area (Å²) in [6.07, 6.45) is 0.975. The van der Waals surface area contributed by atoms with Crippen LogP contribution in [0, 0.1) is 11.6 Å². The monoisotopic (exact) mass is 185 g/mol. The van der Waals surface area contributed by atoms with Gasteiger partial charge in [-0.3, -0.25) is 4.79 Å². The van der Waals surface area contributed by atoms with Crippen molar-refractivity contribution in [3.63, 3.8) is 0 Å². The molecule has 1 aromatic carbocycles. The number of carbonyl (C=O) groups excluding carboxylic acids is 1. The molecule has 0 aliphatic heterocycles. The number of benzene rings is 1. The fourth-order valence-corrected chi connectivity index (χ4v) is 1.03. The van der Waals surface area contributed by atoms with Crippen molar-refractivity contribution in [1.29, 1.82) is 0 Å². The summed E-state index contributed by atoms with van der Waals surface area (Å²) in [6.45, 7) is 0.381. The molecular weight excluding hydrogens is 176 g/mol. The molecule has 0 saturated carbocycles. The van der Waals surface area contributed by atoms with Crippen LogP contribution in [0.2, 0.25) is 0 Å². The number of hydrogen-bond donors (Lipinski definition) is 1. The second kappa shape index (κ2) is 4.54. The average Bonchev–Trinajstić information content (AvgIpc) is 2.03. The van der Waals surface area contributed by atoms with Crippen molar-refractivity contribution in [3.8, 4) is 0 Å². The van der Waals surface area contributed by atoms with E-state index in [1.165, 1.54) is 12.1 Å². The third-order valence-corrected chi connectivity index (χ3v) is 1.56. The Bertz CT molecular complexity index is 281. The van der Waals surface area contributed by atoms with E-state index in [-0.39, 0.29) is 0 Å². The number of carbonyl (C=O) groups is 1. The molecule has 0 aliphatic rings. The van der Waals surface area contributed by atoms with Gasteiger partial charge in [0.25, 0.3) is 0 Å². The number of halogens is 2. The first-order valence-electron chi connectivity index (χ1n) is 3.84. The molecule has 0 bridgehead atoms. The van der Waals surface area contributed by atoms with Crippen LogP contribution in [0.15, 0.2) is 18.2 Å². The van der Waals surface area contributed by atoms with Crippen molar-refractivity contribution < 1.29 is 13.6 Å². The van der Waals surface area contributed by atoms with Crippen molar-refractivity contribution in [2.24, 2.45) is 0 Å². The molecular formula is C9H9F2NO. The molecule has 70 valence electrons. The first kappa shape index (κ1) is 9.64. The minimum Gasteiger partial charge on any atom is -0.358 e. The molecule has 0 fully saturated rings. The highest BCUT2D eigenvalue weighted by Crippen LogP contribution is 2.07. The molecule has 13 heavy (non-hydrogen) atoms. The Morgan fingerprint density at radius 1 is 1.23 bits per heavy atom. The summed E-state index contributed by atoms with van der Waals surface area (Å²) in [7, 11) is 0. The summed E-state index contributed by atoms with van der Waals surface area (Å²) in [4.78, 5) is 9.87. The average molecular weight is 185 g/mol. The normalized spacial score (nSPS) is 9.69. The maximum atomic E-state index is 12.6. The molecule has 1 N–H and O–H groups in total. The first-order valence-corrected chi connectivity index (χ1v) is 3.84. The van der Waals surface area contributed by atoms with Crippen LogP contribution in [0.25, 0.3) is 0 Å². The van der Waals surface area contributed by atoms with Crippen molar-refractivity contribution in [2.45, 2.75) is 6.42 Å². The van der Waals surface area contributed by atoms with Crippen molar-refractivity contribution in [2.75, 3.05) is 6.54 Å². The van der Waals surface area contributed by atoms with E-state index in [0.717, 1.165) is 6.07 Å². The van der Waals surface area contributed by atoms with Gasteiger partial charge in [0, 0.05) is 12.6 Å². The molecule has 0 radical (unpaired) electrons. The van der Waals surface area contributed by atoms with E-state index >= 15 is 0 Å². The summed E-state index contributed by atoms with van der Waals surface area (Å²) < 4.78 is 25.2. The molecule has 0 saturated heterocycles. The van der Waals surface area contributed by atoms with Crippen LogP contribution in [0.5, 0.6) is 0 Å². The lowest BCUT2D eigenvalue weighted by molar-refractivity contribution is -0.109. The zero-order valence-corrected chi connectivity index (χ0v) is 6.89. The molecule has 1 aromatic rings. The van der Waals surface area contributed by atoms with E-state index < -0.39 is 11.6 Å². The van der Waals surface area contributed by atoms with Crippen molar-refractivity contribution in [1.82, 2.24) is 5.32 Å². The van der Waals surface area contributed by atoms with Crippen LogP contribution < -0.4 is 5.32 Å². The fourth-order valence-electron chi connectivity index (χ4n) is 1.03. The Kier molecular flexibility index (Phi) is 3.37. The second-order valence-electron chi connectivity index (χ2n) is 2.60. The van der Waals surface area contributed by atoms with Gasteiger partial charge >= 0.3 is 0 Å². The third kappa shape index (κ3) is 3.19. The molecule has 1 amide bonds. The molecule has 0 heterocycles. The fraction of sp³-hybridized carbons (Fsp3) is 0.222. The van der Waals surface area contributed by atoms with E-state index in [1.807, 2.05) is 0 Å². The SMILES string of the molecule is O=CNCCc1cc(F)cc(F)c1. The molecule has 0 atom stereocenters. The van der Waals surface area contributed by atoms with Crippen LogP contribution >= 0.6 is 0 Å².